The maximum absolute atomic E-state index is 11.9. The van der Waals surface area contributed by atoms with Gasteiger partial charge in [0.1, 0.15) is 5.54 Å². The highest BCUT2D eigenvalue weighted by Gasteiger charge is 2.36. The SMILES string of the molecule is O=S(=O)(NC(CO)(CO)CO)N1CCNCC1. The summed E-state index contributed by atoms with van der Waals surface area (Å²) in [5.74, 6) is 0. The van der Waals surface area contributed by atoms with E-state index in [1.165, 1.54) is 4.31 Å². The minimum Gasteiger partial charge on any atom is -0.394 e. The van der Waals surface area contributed by atoms with E-state index in [2.05, 4.69) is 10.0 Å². The summed E-state index contributed by atoms with van der Waals surface area (Å²) >= 11 is 0. The van der Waals surface area contributed by atoms with Gasteiger partial charge >= 0.3 is 0 Å². The molecule has 0 aromatic carbocycles. The van der Waals surface area contributed by atoms with E-state index in [0.29, 0.717) is 26.2 Å². The van der Waals surface area contributed by atoms with Gasteiger partial charge in [-0.15, -0.1) is 0 Å². The van der Waals surface area contributed by atoms with Gasteiger partial charge in [0.2, 0.25) is 0 Å². The summed E-state index contributed by atoms with van der Waals surface area (Å²) in [6, 6.07) is 0. The van der Waals surface area contributed by atoms with Gasteiger partial charge in [-0.05, 0) is 0 Å². The van der Waals surface area contributed by atoms with E-state index < -0.39 is 35.6 Å². The van der Waals surface area contributed by atoms with Gasteiger partial charge in [0, 0.05) is 26.2 Å². The van der Waals surface area contributed by atoms with Crippen LogP contribution in [0.2, 0.25) is 0 Å². The summed E-state index contributed by atoms with van der Waals surface area (Å²) in [4.78, 5) is 0. The Morgan fingerprint density at radius 2 is 1.59 bits per heavy atom. The highest BCUT2D eigenvalue weighted by Crippen LogP contribution is 2.08. The smallest absolute Gasteiger partial charge is 0.280 e. The van der Waals surface area contributed by atoms with Gasteiger partial charge in [0.05, 0.1) is 19.8 Å². The first kappa shape index (κ1) is 14.8. The van der Waals surface area contributed by atoms with Gasteiger partial charge in [-0.3, -0.25) is 0 Å². The topological polar surface area (TPSA) is 122 Å². The molecule has 1 saturated heterocycles. The van der Waals surface area contributed by atoms with Crippen molar-refractivity contribution in [2.75, 3.05) is 46.0 Å². The average Bonchev–Trinajstić information content (AvgIpc) is 2.37. The number of aliphatic hydroxyl groups is 3. The van der Waals surface area contributed by atoms with Crippen LogP contribution in [0.25, 0.3) is 0 Å². The van der Waals surface area contributed by atoms with E-state index in [0.717, 1.165) is 0 Å². The summed E-state index contributed by atoms with van der Waals surface area (Å²) in [5.41, 5.74) is -1.62. The number of nitrogens with zero attached hydrogens (tertiary/aromatic N) is 1. The van der Waals surface area contributed by atoms with Crippen LogP contribution < -0.4 is 10.0 Å². The van der Waals surface area contributed by atoms with Crippen LogP contribution in [0.1, 0.15) is 0 Å². The zero-order valence-corrected chi connectivity index (χ0v) is 10.3. The lowest BCUT2D eigenvalue weighted by Gasteiger charge is -2.33. The van der Waals surface area contributed by atoms with Crippen LogP contribution in [-0.2, 0) is 10.2 Å². The third-order valence-corrected chi connectivity index (χ3v) is 4.41. The zero-order chi connectivity index (χ0) is 12.9. The molecule has 0 amide bonds. The Balaban J connectivity index is 2.76. The third-order valence-electron chi connectivity index (χ3n) is 2.67. The number of hydrogen-bond donors (Lipinski definition) is 5. The minimum absolute atomic E-state index is 0.313. The summed E-state index contributed by atoms with van der Waals surface area (Å²) in [5, 5.41) is 30.2. The largest absolute Gasteiger partial charge is 0.394 e. The Morgan fingerprint density at radius 1 is 1.12 bits per heavy atom. The first-order valence-electron chi connectivity index (χ1n) is 5.32. The van der Waals surface area contributed by atoms with E-state index in [4.69, 9.17) is 15.3 Å². The predicted molar refractivity (Wildman–Crippen MR) is 60.5 cm³/mol. The van der Waals surface area contributed by atoms with Crippen molar-refractivity contribution in [3.8, 4) is 0 Å². The van der Waals surface area contributed by atoms with E-state index in [9.17, 15) is 8.42 Å². The van der Waals surface area contributed by atoms with E-state index >= 15 is 0 Å². The normalized spacial score (nSPS) is 19.5. The summed E-state index contributed by atoms with van der Waals surface area (Å²) in [6.07, 6.45) is 0. The molecule has 1 aliphatic rings. The zero-order valence-electron chi connectivity index (χ0n) is 9.46. The second-order valence-electron chi connectivity index (χ2n) is 4.01. The molecule has 1 fully saturated rings. The quantitative estimate of drug-likeness (QED) is 0.340. The first-order valence-corrected chi connectivity index (χ1v) is 6.76. The average molecular weight is 269 g/mol. The standard InChI is InChI=1S/C8H19N3O5S/c12-5-8(6-13,7-14)10-17(15,16)11-3-1-9-2-4-11/h9-10,12-14H,1-7H2. The molecule has 0 aromatic rings. The molecule has 1 aliphatic heterocycles. The van der Waals surface area contributed by atoms with Gasteiger partial charge < -0.3 is 20.6 Å². The van der Waals surface area contributed by atoms with E-state index in [1.54, 1.807) is 0 Å². The molecule has 0 saturated carbocycles. The Morgan fingerprint density at radius 3 is 2.00 bits per heavy atom. The minimum atomic E-state index is -3.81. The van der Waals surface area contributed by atoms with Crippen molar-refractivity contribution in [2.45, 2.75) is 5.54 Å². The van der Waals surface area contributed by atoms with Gasteiger partial charge in [0.15, 0.2) is 0 Å². The molecule has 8 nitrogen and oxygen atoms in total. The molecule has 0 aromatic heterocycles. The summed E-state index contributed by atoms with van der Waals surface area (Å²) in [6.45, 7) is -0.306. The molecule has 17 heavy (non-hydrogen) atoms. The van der Waals surface area contributed by atoms with Crippen molar-refractivity contribution in [3.63, 3.8) is 0 Å². The second kappa shape index (κ2) is 6.05. The van der Waals surface area contributed by atoms with Crippen molar-refractivity contribution in [2.24, 2.45) is 0 Å². The fourth-order valence-corrected chi connectivity index (χ4v) is 3.00. The van der Waals surface area contributed by atoms with Crippen molar-refractivity contribution in [1.82, 2.24) is 14.3 Å². The van der Waals surface area contributed by atoms with Crippen LogP contribution in [0, 0.1) is 0 Å². The van der Waals surface area contributed by atoms with Crippen molar-refractivity contribution >= 4 is 10.2 Å². The van der Waals surface area contributed by atoms with Gasteiger partial charge in [-0.2, -0.15) is 17.4 Å². The van der Waals surface area contributed by atoms with Gasteiger partial charge in [0.25, 0.3) is 10.2 Å². The number of rotatable bonds is 6. The molecule has 9 heteroatoms. The van der Waals surface area contributed by atoms with E-state index in [1.807, 2.05) is 0 Å². The van der Waals surface area contributed by atoms with Crippen LogP contribution in [0.15, 0.2) is 0 Å². The molecular weight excluding hydrogens is 250 g/mol. The Hall–Kier alpha value is -0.290. The summed E-state index contributed by atoms with van der Waals surface area (Å²) in [7, 11) is -3.81. The summed E-state index contributed by atoms with van der Waals surface area (Å²) < 4.78 is 27.2. The van der Waals surface area contributed by atoms with Crippen LogP contribution >= 0.6 is 0 Å². The first-order chi connectivity index (χ1) is 7.99. The van der Waals surface area contributed by atoms with Gasteiger partial charge in [-0.25, -0.2) is 0 Å². The fourth-order valence-electron chi connectivity index (χ4n) is 1.47. The van der Waals surface area contributed by atoms with Crippen molar-refractivity contribution < 1.29 is 23.7 Å². The molecule has 5 N–H and O–H groups in total. The number of aliphatic hydroxyl groups excluding tert-OH is 3. The number of hydrogen-bond acceptors (Lipinski definition) is 6. The van der Waals surface area contributed by atoms with Crippen LogP contribution in [0.4, 0.5) is 0 Å². The maximum Gasteiger partial charge on any atom is 0.280 e. The monoisotopic (exact) mass is 269 g/mol. The molecular formula is C8H19N3O5S. The Kier molecular flexibility index (Phi) is 5.25. The van der Waals surface area contributed by atoms with Crippen molar-refractivity contribution in [3.05, 3.63) is 0 Å². The molecule has 0 unspecified atom stereocenters. The van der Waals surface area contributed by atoms with Crippen molar-refractivity contribution in [1.29, 1.82) is 0 Å². The molecule has 102 valence electrons. The maximum atomic E-state index is 11.9. The molecule has 0 atom stereocenters. The number of piperazine rings is 1. The van der Waals surface area contributed by atoms with Crippen LogP contribution in [0.3, 0.4) is 0 Å². The lowest BCUT2D eigenvalue weighted by atomic mass is 10.1. The molecule has 0 aliphatic carbocycles. The fraction of sp³-hybridized carbons (Fsp3) is 1.00. The van der Waals surface area contributed by atoms with E-state index in [-0.39, 0.29) is 0 Å². The predicted octanol–water partition coefficient (Wildman–Crippen LogP) is -3.56. The lowest BCUT2D eigenvalue weighted by Crippen LogP contribution is -2.61. The third kappa shape index (κ3) is 3.58. The molecule has 0 spiro atoms. The highest BCUT2D eigenvalue weighted by molar-refractivity contribution is 7.87. The molecule has 0 radical (unpaired) electrons. The Labute approximate surface area is 100 Å². The molecule has 1 rings (SSSR count). The molecule has 0 bridgehead atoms. The molecule has 1 heterocycles. The second-order valence-corrected chi connectivity index (χ2v) is 5.68. The Bertz CT molecular complexity index is 316. The van der Waals surface area contributed by atoms with Gasteiger partial charge in [-0.1, -0.05) is 0 Å². The van der Waals surface area contributed by atoms with Crippen LogP contribution in [-0.4, -0.2) is 79.6 Å². The highest BCUT2D eigenvalue weighted by atomic mass is 32.2. The van der Waals surface area contributed by atoms with Crippen LogP contribution in [0.5, 0.6) is 0 Å². The number of nitrogens with one attached hydrogen (secondary N) is 2. The lowest BCUT2D eigenvalue weighted by molar-refractivity contribution is 0.0568.